The van der Waals surface area contributed by atoms with E-state index in [1.807, 2.05) is 31.2 Å². The number of benzene rings is 2. The fourth-order valence-electron chi connectivity index (χ4n) is 1.80. The summed E-state index contributed by atoms with van der Waals surface area (Å²) in [6.07, 6.45) is 0. The molecule has 0 aliphatic rings. The van der Waals surface area contributed by atoms with Crippen LogP contribution in [0.5, 0.6) is 0 Å². The Labute approximate surface area is 129 Å². The molecule has 1 nitrogen and oxygen atoms in total. The predicted molar refractivity (Wildman–Crippen MR) is 82.6 cm³/mol. The summed E-state index contributed by atoms with van der Waals surface area (Å²) in [5.74, 6) is -0.450. The van der Waals surface area contributed by atoms with Gasteiger partial charge in [0.1, 0.15) is 5.82 Å². The number of hydrogen-bond donors (Lipinski definition) is 1. The highest BCUT2D eigenvalue weighted by Gasteiger charge is 2.14. The Hall–Kier alpha value is -0.770. The first-order valence-electron chi connectivity index (χ1n) is 5.64. The van der Waals surface area contributed by atoms with Crippen LogP contribution in [0.4, 0.5) is 10.1 Å². The molecule has 0 aliphatic heterocycles. The van der Waals surface area contributed by atoms with E-state index in [9.17, 15) is 4.39 Å². The molecule has 2 aromatic carbocycles. The highest BCUT2D eigenvalue weighted by Crippen LogP contribution is 2.35. The molecule has 0 saturated heterocycles. The third kappa shape index (κ3) is 3.41. The molecular formula is C14H11BrCl2FN. The van der Waals surface area contributed by atoms with Crippen molar-refractivity contribution in [2.24, 2.45) is 0 Å². The average molecular weight is 363 g/mol. The summed E-state index contributed by atoms with van der Waals surface area (Å²) in [5.41, 5.74) is 1.60. The molecule has 5 heteroatoms. The second-order valence-electron chi connectivity index (χ2n) is 4.13. The lowest BCUT2D eigenvalue weighted by Crippen LogP contribution is -2.08. The maximum atomic E-state index is 13.1. The molecule has 0 bridgehead atoms. The summed E-state index contributed by atoms with van der Waals surface area (Å²) >= 11 is 15.5. The van der Waals surface area contributed by atoms with Gasteiger partial charge in [0.2, 0.25) is 0 Å². The standard InChI is InChI=1S/C14H11BrCl2FN/c1-8(10-4-2-3-5-11(10)15)19-14-12(16)6-9(18)7-13(14)17/h2-8,19H,1H3. The quantitative estimate of drug-likeness (QED) is 0.698. The zero-order valence-corrected chi connectivity index (χ0v) is 13.2. The van der Waals surface area contributed by atoms with Gasteiger partial charge in [-0.15, -0.1) is 0 Å². The third-order valence-electron chi connectivity index (χ3n) is 2.74. The zero-order chi connectivity index (χ0) is 14.0. The number of halogens is 4. The van der Waals surface area contributed by atoms with Crippen molar-refractivity contribution in [3.8, 4) is 0 Å². The summed E-state index contributed by atoms with van der Waals surface area (Å²) in [6, 6.07) is 10.3. The van der Waals surface area contributed by atoms with Crippen LogP contribution < -0.4 is 5.32 Å². The fraction of sp³-hybridized carbons (Fsp3) is 0.143. The van der Waals surface area contributed by atoms with Gasteiger partial charge in [-0.1, -0.05) is 57.3 Å². The summed E-state index contributed by atoms with van der Waals surface area (Å²) < 4.78 is 14.1. The van der Waals surface area contributed by atoms with Crippen molar-refractivity contribution in [2.75, 3.05) is 5.32 Å². The number of rotatable bonds is 3. The third-order valence-corrected chi connectivity index (χ3v) is 4.06. The van der Waals surface area contributed by atoms with Gasteiger partial charge in [-0.25, -0.2) is 4.39 Å². The molecule has 0 fully saturated rings. The topological polar surface area (TPSA) is 12.0 Å². The lowest BCUT2D eigenvalue weighted by molar-refractivity contribution is 0.628. The normalized spacial score (nSPS) is 12.3. The Morgan fingerprint density at radius 3 is 2.32 bits per heavy atom. The molecule has 0 spiro atoms. The molecule has 1 N–H and O–H groups in total. The molecule has 0 aromatic heterocycles. The minimum absolute atomic E-state index is 0.0176. The van der Waals surface area contributed by atoms with Crippen LogP contribution in [0.3, 0.4) is 0 Å². The van der Waals surface area contributed by atoms with E-state index in [0.29, 0.717) is 5.69 Å². The molecular weight excluding hydrogens is 352 g/mol. The van der Waals surface area contributed by atoms with Crippen molar-refractivity contribution in [3.63, 3.8) is 0 Å². The predicted octanol–water partition coefficient (Wildman–Crippen LogP) is 6.07. The minimum Gasteiger partial charge on any atom is -0.376 e. The maximum Gasteiger partial charge on any atom is 0.126 e. The highest BCUT2D eigenvalue weighted by molar-refractivity contribution is 9.10. The summed E-state index contributed by atoms with van der Waals surface area (Å²) in [6.45, 7) is 1.98. The van der Waals surface area contributed by atoms with Crippen LogP contribution in [0.2, 0.25) is 10.0 Å². The van der Waals surface area contributed by atoms with Gasteiger partial charge in [0, 0.05) is 10.5 Å². The molecule has 0 radical (unpaired) electrons. The molecule has 1 unspecified atom stereocenters. The summed E-state index contributed by atoms with van der Waals surface area (Å²) in [4.78, 5) is 0. The number of anilines is 1. The van der Waals surface area contributed by atoms with Gasteiger partial charge in [-0.2, -0.15) is 0 Å². The number of hydrogen-bond acceptors (Lipinski definition) is 1. The Balaban J connectivity index is 2.29. The second-order valence-corrected chi connectivity index (χ2v) is 5.80. The summed E-state index contributed by atoms with van der Waals surface area (Å²) in [7, 11) is 0. The monoisotopic (exact) mass is 361 g/mol. The van der Waals surface area contributed by atoms with E-state index >= 15 is 0 Å². The zero-order valence-electron chi connectivity index (χ0n) is 10.1. The van der Waals surface area contributed by atoms with E-state index in [1.165, 1.54) is 12.1 Å². The SMILES string of the molecule is CC(Nc1c(Cl)cc(F)cc1Cl)c1ccccc1Br. The fourth-order valence-corrected chi connectivity index (χ4v) is 3.00. The van der Waals surface area contributed by atoms with Crippen molar-refractivity contribution in [2.45, 2.75) is 13.0 Å². The van der Waals surface area contributed by atoms with Gasteiger partial charge >= 0.3 is 0 Å². The van der Waals surface area contributed by atoms with E-state index in [0.717, 1.165) is 10.0 Å². The Morgan fingerprint density at radius 1 is 1.16 bits per heavy atom. The number of nitrogens with one attached hydrogen (secondary N) is 1. The smallest absolute Gasteiger partial charge is 0.126 e. The van der Waals surface area contributed by atoms with E-state index in [1.54, 1.807) is 0 Å². The molecule has 100 valence electrons. The Bertz CT molecular complexity index is 581. The van der Waals surface area contributed by atoms with Crippen LogP contribution in [0.1, 0.15) is 18.5 Å². The van der Waals surface area contributed by atoms with Crippen molar-refractivity contribution in [1.82, 2.24) is 0 Å². The van der Waals surface area contributed by atoms with E-state index < -0.39 is 5.82 Å². The minimum atomic E-state index is -0.450. The second kappa shape index (κ2) is 6.12. The van der Waals surface area contributed by atoms with Gasteiger partial charge in [-0.3, -0.25) is 0 Å². The maximum absolute atomic E-state index is 13.1. The van der Waals surface area contributed by atoms with Crippen LogP contribution in [0, 0.1) is 5.82 Å². The summed E-state index contributed by atoms with van der Waals surface area (Å²) in [5, 5.41) is 3.74. The van der Waals surface area contributed by atoms with E-state index in [-0.39, 0.29) is 16.1 Å². The van der Waals surface area contributed by atoms with Crippen LogP contribution in [-0.2, 0) is 0 Å². The van der Waals surface area contributed by atoms with Crippen molar-refractivity contribution < 1.29 is 4.39 Å². The molecule has 19 heavy (non-hydrogen) atoms. The first kappa shape index (κ1) is 14.6. The van der Waals surface area contributed by atoms with E-state index in [2.05, 4.69) is 21.2 Å². The van der Waals surface area contributed by atoms with Gasteiger partial charge in [-0.05, 0) is 30.7 Å². The lowest BCUT2D eigenvalue weighted by Gasteiger charge is -2.19. The largest absolute Gasteiger partial charge is 0.376 e. The van der Waals surface area contributed by atoms with Crippen LogP contribution >= 0.6 is 39.1 Å². The molecule has 0 aliphatic carbocycles. The molecule has 2 rings (SSSR count). The van der Waals surface area contributed by atoms with Gasteiger partial charge in [0.15, 0.2) is 0 Å². The highest BCUT2D eigenvalue weighted by atomic mass is 79.9. The first-order valence-corrected chi connectivity index (χ1v) is 7.19. The van der Waals surface area contributed by atoms with Crippen LogP contribution in [-0.4, -0.2) is 0 Å². The van der Waals surface area contributed by atoms with Crippen molar-refractivity contribution in [3.05, 3.63) is 62.3 Å². The van der Waals surface area contributed by atoms with E-state index in [4.69, 9.17) is 23.2 Å². The van der Waals surface area contributed by atoms with Gasteiger partial charge < -0.3 is 5.32 Å². The molecule has 2 aromatic rings. The lowest BCUT2D eigenvalue weighted by atomic mass is 10.1. The average Bonchev–Trinajstić information content (AvgIpc) is 2.34. The van der Waals surface area contributed by atoms with Crippen molar-refractivity contribution >= 4 is 44.8 Å². The molecule has 1 atom stereocenters. The van der Waals surface area contributed by atoms with Crippen molar-refractivity contribution in [1.29, 1.82) is 0 Å². The molecule has 0 heterocycles. The molecule has 0 saturated carbocycles. The Kier molecular flexibility index (Phi) is 4.71. The van der Waals surface area contributed by atoms with Gasteiger partial charge in [0.05, 0.1) is 15.7 Å². The Morgan fingerprint density at radius 2 is 1.74 bits per heavy atom. The first-order chi connectivity index (χ1) is 8.99. The van der Waals surface area contributed by atoms with Crippen LogP contribution in [0.15, 0.2) is 40.9 Å². The van der Waals surface area contributed by atoms with Crippen LogP contribution in [0.25, 0.3) is 0 Å². The molecule has 0 amide bonds. The van der Waals surface area contributed by atoms with Gasteiger partial charge in [0.25, 0.3) is 0 Å².